The van der Waals surface area contributed by atoms with Gasteiger partial charge in [0.25, 0.3) is 0 Å². The van der Waals surface area contributed by atoms with Crippen LogP contribution in [0.25, 0.3) is 0 Å². The SMILES string of the molecule is CNC[C@@H]1C[C@H]1c1ccc(OC)cc1. The van der Waals surface area contributed by atoms with Crippen molar-refractivity contribution in [3.63, 3.8) is 0 Å². The molecule has 0 aliphatic heterocycles. The van der Waals surface area contributed by atoms with Crippen molar-refractivity contribution in [1.29, 1.82) is 0 Å². The molecule has 0 bridgehead atoms. The second-order valence-electron chi connectivity index (χ2n) is 3.93. The number of nitrogens with one attached hydrogen (secondary N) is 1. The predicted octanol–water partition coefficient (Wildman–Crippen LogP) is 2.02. The van der Waals surface area contributed by atoms with E-state index in [0.717, 1.165) is 24.1 Å². The van der Waals surface area contributed by atoms with Crippen LogP contribution < -0.4 is 10.1 Å². The molecule has 0 heterocycles. The maximum atomic E-state index is 5.13. The Morgan fingerprint density at radius 3 is 2.64 bits per heavy atom. The lowest BCUT2D eigenvalue weighted by atomic mass is 10.1. The fourth-order valence-electron chi connectivity index (χ4n) is 1.99. The third-order valence-electron chi connectivity index (χ3n) is 2.93. The summed E-state index contributed by atoms with van der Waals surface area (Å²) in [5.74, 6) is 2.56. The van der Waals surface area contributed by atoms with Crippen LogP contribution in [0, 0.1) is 5.92 Å². The molecule has 1 aliphatic carbocycles. The zero-order valence-corrected chi connectivity index (χ0v) is 8.79. The summed E-state index contributed by atoms with van der Waals surface area (Å²) in [4.78, 5) is 0. The maximum absolute atomic E-state index is 5.13. The number of benzene rings is 1. The van der Waals surface area contributed by atoms with E-state index in [0.29, 0.717) is 0 Å². The van der Waals surface area contributed by atoms with Crippen LogP contribution in [0.2, 0.25) is 0 Å². The highest BCUT2D eigenvalue weighted by molar-refractivity contribution is 5.32. The van der Waals surface area contributed by atoms with Crippen molar-refractivity contribution in [3.05, 3.63) is 29.8 Å². The zero-order valence-electron chi connectivity index (χ0n) is 8.79. The summed E-state index contributed by atoms with van der Waals surface area (Å²) < 4.78 is 5.13. The van der Waals surface area contributed by atoms with E-state index in [1.54, 1.807) is 7.11 Å². The molecule has 0 amide bonds. The molecule has 1 N–H and O–H groups in total. The highest BCUT2D eigenvalue weighted by atomic mass is 16.5. The second-order valence-corrected chi connectivity index (χ2v) is 3.93. The van der Waals surface area contributed by atoms with Crippen molar-refractivity contribution in [2.45, 2.75) is 12.3 Å². The van der Waals surface area contributed by atoms with Crippen LogP contribution in [-0.4, -0.2) is 20.7 Å². The van der Waals surface area contributed by atoms with Gasteiger partial charge in [0.2, 0.25) is 0 Å². The van der Waals surface area contributed by atoms with Gasteiger partial charge >= 0.3 is 0 Å². The van der Waals surface area contributed by atoms with Crippen LogP contribution in [0.3, 0.4) is 0 Å². The first kappa shape index (κ1) is 9.53. The molecule has 1 aromatic carbocycles. The first-order chi connectivity index (χ1) is 6.85. The molecule has 2 atom stereocenters. The monoisotopic (exact) mass is 191 g/mol. The van der Waals surface area contributed by atoms with Crippen molar-refractivity contribution in [2.24, 2.45) is 5.92 Å². The Balaban J connectivity index is 1.98. The molecule has 2 heteroatoms. The van der Waals surface area contributed by atoms with Crippen molar-refractivity contribution < 1.29 is 4.74 Å². The van der Waals surface area contributed by atoms with Gasteiger partial charge in [0.1, 0.15) is 5.75 Å². The van der Waals surface area contributed by atoms with Crippen LogP contribution >= 0.6 is 0 Å². The Bertz CT molecular complexity index is 294. The van der Waals surface area contributed by atoms with Crippen LogP contribution in [0.1, 0.15) is 17.9 Å². The minimum Gasteiger partial charge on any atom is -0.497 e. The largest absolute Gasteiger partial charge is 0.497 e. The molecule has 1 saturated carbocycles. The molecule has 0 aromatic heterocycles. The summed E-state index contributed by atoms with van der Waals surface area (Å²) in [6.07, 6.45) is 1.33. The van der Waals surface area contributed by atoms with Gasteiger partial charge in [-0.1, -0.05) is 12.1 Å². The third-order valence-corrected chi connectivity index (χ3v) is 2.93. The lowest BCUT2D eigenvalue weighted by Crippen LogP contribution is -2.10. The van der Waals surface area contributed by atoms with E-state index in [9.17, 15) is 0 Å². The lowest BCUT2D eigenvalue weighted by molar-refractivity contribution is 0.414. The maximum Gasteiger partial charge on any atom is 0.118 e. The van der Waals surface area contributed by atoms with Crippen LogP contribution in [0.15, 0.2) is 24.3 Å². The molecule has 1 aromatic rings. The summed E-state index contributed by atoms with van der Waals surface area (Å²) in [5.41, 5.74) is 1.45. The quantitative estimate of drug-likeness (QED) is 0.786. The first-order valence-corrected chi connectivity index (χ1v) is 5.13. The highest BCUT2D eigenvalue weighted by Gasteiger charge is 2.37. The molecule has 0 spiro atoms. The summed E-state index contributed by atoms with van der Waals surface area (Å²) in [7, 11) is 3.72. The predicted molar refractivity (Wildman–Crippen MR) is 57.8 cm³/mol. The topological polar surface area (TPSA) is 21.3 Å². The van der Waals surface area contributed by atoms with E-state index >= 15 is 0 Å². The fourth-order valence-corrected chi connectivity index (χ4v) is 1.99. The van der Waals surface area contributed by atoms with Gasteiger partial charge < -0.3 is 10.1 Å². The Morgan fingerprint density at radius 2 is 2.07 bits per heavy atom. The minimum absolute atomic E-state index is 0.772. The van der Waals surface area contributed by atoms with E-state index < -0.39 is 0 Å². The minimum atomic E-state index is 0.772. The van der Waals surface area contributed by atoms with Gasteiger partial charge in [0.05, 0.1) is 7.11 Å². The molecule has 0 saturated heterocycles. The molecular weight excluding hydrogens is 174 g/mol. The Hall–Kier alpha value is -1.02. The molecule has 0 unspecified atom stereocenters. The standard InChI is InChI=1S/C12H17NO/c1-13-8-10-7-12(10)9-3-5-11(14-2)6-4-9/h3-6,10,12-13H,7-8H2,1-2H3/t10-,12-/m0/s1. The van der Waals surface area contributed by atoms with Crippen molar-refractivity contribution in [3.8, 4) is 5.75 Å². The van der Waals surface area contributed by atoms with Crippen molar-refractivity contribution >= 4 is 0 Å². The smallest absolute Gasteiger partial charge is 0.118 e. The molecule has 1 aliphatic rings. The van der Waals surface area contributed by atoms with Gasteiger partial charge in [-0.05, 0) is 49.5 Å². The number of ether oxygens (including phenoxy) is 1. The van der Waals surface area contributed by atoms with Gasteiger partial charge in [-0.15, -0.1) is 0 Å². The summed E-state index contributed by atoms with van der Waals surface area (Å²) in [6, 6.07) is 8.45. The number of hydrogen-bond donors (Lipinski definition) is 1. The van der Waals surface area contributed by atoms with Crippen LogP contribution in [-0.2, 0) is 0 Å². The Labute approximate surface area is 85.3 Å². The molecule has 0 radical (unpaired) electrons. The Kier molecular flexibility index (Phi) is 2.73. The van der Waals surface area contributed by atoms with E-state index in [4.69, 9.17) is 4.74 Å². The number of methoxy groups -OCH3 is 1. The molecule has 1 fully saturated rings. The van der Waals surface area contributed by atoms with Crippen molar-refractivity contribution in [1.82, 2.24) is 5.32 Å². The highest BCUT2D eigenvalue weighted by Crippen LogP contribution is 2.47. The van der Waals surface area contributed by atoms with E-state index in [2.05, 4.69) is 17.4 Å². The molecule has 2 nitrogen and oxygen atoms in total. The fraction of sp³-hybridized carbons (Fsp3) is 0.500. The zero-order chi connectivity index (χ0) is 9.97. The molecule has 2 rings (SSSR count). The van der Waals surface area contributed by atoms with E-state index in [1.165, 1.54) is 12.0 Å². The van der Waals surface area contributed by atoms with E-state index in [1.807, 2.05) is 19.2 Å². The van der Waals surface area contributed by atoms with Gasteiger partial charge in [0.15, 0.2) is 0 Å². The van der Waals surface area contributed by atoms with Crippen LogP contribution in [0.4, 0.5) is 0 Å². The summed E-state index contributed by atoms with van der Waals surface area (Å²) >= 11 is 0. The second kappa shape index (κ2) is 4.01. The molecule has 76 valence electrons. The average Bonchev–Trinajstić information content (AvgIpc) is 2.98. The van der Waals surface area contributed by atoms with Gasteiger partial charge in [-0.3, -0.25) is 0 Å². The summed E-state index contributed by atoms with van der Waals surface area (Å²) in [5, 5.41) is 3.23. The van der Waals surface area contributed by atoms with Crippen LogP contribution in [0.5, 0.6) is 5.75 Å². The number of rotatable bonds is 4. The van der Waals surface area contributed by atoms with Gasteiger partial charge in [-0.2, -0.15) is 0 Å². The normalized spacial score (nSPS) is 24.7. The van der Waals surface area contributed by atoms with Gasteiger partial charge in [0, 0.05) is 0 Å². The van der Waals surface area contributed by atoms with Gasteiger partial charge in [-0.25, -0.2) is 0 Å². The Morgan fingerprint density at radius 1 is 1.36 bits per heavy atom. The third kappa shape index (κ3) is 1.90. The van der Waals surface area contributed by atoms with E-state index in [-0.39, 0.29) is 0 Å². The van der Waals surface area contributed by atoms with Crippen molar-refractivity contribution in [2.75, 3.05) is 20.7 Å². The summed E-state index contributed by atoms with van der Waals surface area (Å²) in [6.45, 7) is 1.14. The first-order valence-electron chi connectivity index (χ1n) is 5.13. The average molecular weight is 191 g/mol. The molecular formula is C12H17NO. The molecule has 14 heavy (non-hydrogen) atoms. The lowest BCUT2D eigenvalue weighted by Gasteiger charge is -2.02. The number of hydrogen-bond acceptors (Lipinski definition) is 2.